The fourth-order valence-electron chi connectivity index (χ4n) is 3.34. The number of rotatable bonds is 6. The Kier molecular flexibility index (Phi) is 6.28. The highest BCUT2D eigenvalue weighted by Gasteiger charge is 2.16. The zero-order chi connectivity index (χ0) is 15.9. The van der Waals surface area contributed by atoms with E-state index >= 15 is 0 Å². The molecule has 5 nitrogen and oxygen atoms in total. The molecule has 0 amide bonds. The largest absolute Gasteiger partial charge is 0.492 e. The lowest BCUT2D eigenvalue weighted by Crippen LogP contribution is -2.42. The third-order valence-corrected chi connectivity index (χ3v) is 4.63. The second-order valence-corrected chi connectivity index (χ2v) is 6.59. The Morgan fingerprint density at radius 3 is 2.87 bits per heavy atom. The molecule has 0 saturated carbocycles. The second kappa shape index (κ2) is 8.64. The lowest BCUT2D eigenvalue weighted by Gasteiger charge is -2.30. The molecule has 0 spiro atoms. The quantitative estimate of drug-likeness (QED) is 0.857. The summed E-state index contributed by atoms with van der Waals surface area (Å²) >= 11 is 0. The molecular weight excluding hydrogens is 290 g/mol. The topological polar surface area (TPSA) is 51.0 Å². The van der Waals surface area contributed by atoms with E-state index < -0.39 is 0 Å². The number of likely N-dealkylation sites (tertiary alicyclic amines) is 1. The summed E-state index contributed by atoms with van der Waals surface area (Å²) in [5.41, 5.74) is 7.37. The minimum Gasteiger partial charge on any atom is -0.492 e. The van der Waals surface area contributed by atoms with Gasteiger partial charge in [0.05, 0.1) is 13.2 Å². The smallest absolute Gasteiger partial charge is 0.119 e. The second-order valence-electron chi connectivity index (χ2n) is 6.59. The van der Waals surface area contributed by atoms with Crippen molar-refractivity contribution in [3.05, 3.63) is 29.8 Å². The minimum atomic E-state index is 0.330. The van der Waals surface area contributed by atoms with E-state index in [1.165, 1.54) is 12.0 Å². The number of nitrogens with zero attached hydrogens (tertiary/aromatic N) is 2. The zero-order valence-corrected chi connectivity index (χ0v) is 14.0. The number of piperidine rings is 1. The van der Waals surface area contributed by atoms with Crippen LogP contribution >= 0.6 is 0 Å². The van der Waals surface area contributed by atoms with Gasteiger partial charge in [-0.2, -0.15) is 0 Å². The zero-order valence-electron chi connectivity index (χ0n) is 14.0. The van der Waals surface area contributed by atoms with Crippen LogP contribution in [0.3, 0.4) is 0 Å². The average molecular weight is 319 g/mol. The summed E-state index contributed by atoms with van der Waals surface area (Å²) in [7, 11) is 0. The summed E-state index contributed by atoms with van der Waals surface area (Å²) < 4.78 is 11.3. The molecule has 1 aromatic rings. The number of ether oxygens (including phenoxy) is 2. The predicted molar refractivity (Wildman–Crippen MR) is 91.7 cm³/mol. The van der Waals surface area contributed by atoms with Gasteiger partial charge in [-0.15, -0.1) is 0 Å². The van der Waals surface area contributed by atoms with Gasteiger partial charge in [0.1, 0.15) is 12.4 Å². The maximum absolute atomic E-state index is 6.07. The first kappa shape index (κ1) is 16.7. The monoisotopic (exact) mass is 319 g/mol. The number of benzene rings is 1. The van der Waals surface area contributed by atoms with Crippen LogP contribution in [-0.4, -0.2) is 68.4 Å². The van der Waals surface area contributed by atoms with Crippen molar-refractivity contribution in [2.45, 2.75) is 25.4 Å². The highest BCUT2D eigenvalue weighted by molar-refractivity contribution is 5.28. The van der Waals surface area contributed by atoms with E-state index in [1.807, 2.05) is 6.07 Å². The third kappa shape index (κ3) is 5.46. The molecule has 2 aliphatic heterocycles. The van der Waals surface area contributed by atoms with Crippen LogP contribution in [0.5, 0.6) is 5.75 Å². The number of nitrogens with two attached hydrogens (primary N) is 1. The maximum Gasteiger partial charge on any atom is 0.119 e. The molecular formula is C18H29N3O2. The van der Waals surface area contributed by atoms with Crippen LogP contribution in [0.25, 0.3) is 0 Å². The molecule has 2 N–H and O–H groups in total. The van der Waals surface area contributed by atoms with Crippen LogP contribution in [0.1, 0.15) is 18.4 Å². The fraction of sp³-hybridized carbons (Fsp3) is 0.667. The highest BCUT2D eigenvalue weighted by atomic mass is 16.5. The van der Waals surface area contributed by atoms with E-state index in [9.17, 15) is 0 Å². The Hall–Kier alpha value is -1.14. The molecule has 0 aromatic heterocycles. The van der Waals surface area contributed by atoms with Gasteiger partial charge in [-0.05, 0) is 37.1 Å². The highest BCUT2D eigenvalue weighted by Crippen LogP contribution is 2.17. The first-order valence-electron chi connectivity index (χ1n) is 8.79. The summed E-state index contributed by atoms with van der Waals surface area (Å²) in [6.45, 7) is 8.52. The first-order valence-corrected chi connectivity index (χ1v) is 8.79. The molecule has 2 saturated heterocycles. The van der Waals surface area contributed by atoms with Crippen LogP contribution in [0.15, 0.2) is 24.3 Å². The SMILES string of the molecule is N[C@@H]1CCCN(Cc2cccc(OCCN3CCOCC3)c2)C1. The molecule has 1 atom stereocenters. The molecule has 0 aliphatic carbocycles. The van der Waals surface area contributed by atoms with Crippen LogP contribution in [0.4, 0.5) is 0 Å². The third-order valence-electron chi connectivity index (χ3n) is 4.63. The summed E-state index contributed by atoms with van der Waals surface area (Å²) in [6.07, 6.45) is 2.36. The van der Waals surface area contributed by atoms with E-state index in [4.69, 9.17) is 15.2 Å². The standard InChI is InChI=1S/C18H29N3O2/c19-17-4-2-6-21(15-17)14-16-3-1-5-18(13-16)23-12-9-20-7-10-22-11-8-20/h1,3,5,13,17H,2,4,6-12,14-15,19H2/t17-/m1/s1. The Morgan fingerprint density at radius 1 is 1.17 bits per heavy atom. The predicted octanol–water partition coefficient (Wildman–Crippen LogP) is 1.32. The van der Waals surface area contributed by atoms with Crippen molar-refractivity contribution in [1.29, 1.82) is 0 Å². The van der Waals surface area contributed by atoms with Gasteiger partial charge in [-0.1, -0.05) is 12.1 Å². The van der Waals surface area contributed by atoms with E-state index in [-0.39, 0.29) is 0 Å². The van der Waals surface area contributed by atoms with E-state index in [0.717, 1.165) is 71.3 Å². The van der Waals surface area contributed by atoms with Crippen molar-refractivity contribution >= 4 is 0 Å². The molecule has 0 bridgehead atoms. The fourth-order valence-corrected chi connectivity index (χ4v) is 3.34. The van der Waals surface area contributed by atoms with Crippen LogP contribution in [-0.2, 0) is 11.3 Å². The van der Waals surface area contributed by atoms with Gasteiger partial charge < -0.3 is 15.2 Å². The summed E-state index contributed by atoms with van der Waals surface area (Å²) in [5.74, 6) is 0.970. The number of morpholine rings is 1. The summed E-state index contributed by atoms with van der Waals surface area (Å²) in [6, 6.07) is 8.80. The minimum absolute atomic E-state index is 0.330. The van der Waals surface area contributed by atoms with E-state index in [2.05, 4.69) is 28.0 Å². The van der Waals surface area contributed by atoms with Crippen LogP contribution < -0.4 is 10.5 Å². The van der Waals surface area contributed by atoms with Crippen LogP contribution in [0, 0.1) is 0 Å². The van der Waals surface area contributed by atoms with Crippen molar-refractivity contribution in [2.75, 3.05) is 52.5 Å². The van der Waals surface area contributed by atoms with Crippen molar-refractivity contribution in [1.82, 2.24) is 9.80 Å². The number of hydrogen-bond acceptors (Lipinski definition) is 5. The molecule has 0 unspecified atom stereocenters. The van der Waals surface area contributed by atoms with Gasteiger partial charge in [0.15, 0.2) is 0 Å². The van der Waals surface area contributed by atoms with Gasteiger partial charge in [-0.3, -0.25) is 9.80 Å². The summed E-state index contributed by atoms with van der Waals surface area (Å²) in [5, 5.41) is 0. The molecule has 2 aliphatic rings. The molecule has 23 heavy (non-hydrogen) atoms. The molecule has 1 aromatic carbocycles. The molecule has 2 heterocycles. The average Bonchev–Trinajstić information content (AvgIpc) is 2.56. The van der Waals surface area contributed by atoms with E-state index in [0.29, 0.717) is 6.04 Å². The maximum atomic E-state index is 6.07. The van der Waals surface area contributed by atoms with Gasteiger partial charge in [0.2, 0.25) is 0 Å². The first-order chi connectivity index (χ1) is 11.3. The Bertz CT molecular complexity index is 477. The van der Waals surface area contributed by atoms with Crippen LogP contribution in [0.2, 0.25) is 0 Å². The van der Waals surface area contributed by atoms with Crippen molar-refractivity contribution < 1.29 is 9.47 Å². The Labute approximate surface area is 139 Å². The lowest BCUT2D eigenvalue weighted by molar-refractivity contribution is 0.0322. The molecule has 5 heteroatoms. The molecule has 128 valence electrons. The van der Waals surface area contributed by atoms with Crippen molar-refractivity contribution in [3.63, 3.8) is 0 Å². The van der Waals surface area contributed by atoms with Gasteiger partial charge in [-0.25, -0.2) is 0 Å². The Morgan fingerprint density at radius 2 is 2.04 bits per heavy atom. The van der Waals surface area contributed by atoms with Gasteiger partial charge >= 0.3 is 0 Å². The molecule has 0 radical (unpaired) electrons. The van der Waals surface area contributed by atoms with Crippen molar-refractivity contribution in [2.24, 2.45) is 5.73 Å². The van der Waals surface area contributed by atoms with Gasteiger partial charge in [0.25, 0.3) is 0 Å². The lowest BCUT2D eigenvalue weighted by atomic mass is 10.1. The number of hydrogen-bond donors (Lipinski definition) is 1. The van der Waals surface area contributed by atoms with E-state index in [1.54, 1.807) is 0 Å². The summed E-state index contributed by atoms with van der Waals surface area (Å²) in [4.78, 5) is 4.84. The normalized spacial score (nSPS) is 23.8. The van der Waals surface area contributed by atoms with Crippen molar-refractivity contribution in [3.8, 4) is 5.75 Å². The molecule has 2 fully saturated rings. The van der Waals surface area contributed by atoms with Gasteiger partial charge in [0, 0.05) is 38.8 Å². The molecule has 3 rings (SSSR count). The Balaban J connectivity index is 1.45.